The Hall–Kier alpha value is -0.810. The van der Waals surface area contributed by atoms with E-state index in [4.69, 9.17) is 9.47 Å². The Morgan fingerprint density at radius 2 is 2.09 bits per heavy atom. The van der Waals surface area contributed by atoms with Crippen molar-refractivity contribution in [2.24, 2.45) is 0 Å². The molecule has 2 aliphatic rings. The molecule has 5 heteroatoms. The third-order valence-electron chi connectivity index (χ3n) is 4.37. The number of piperidine rings is 1. The molecule has 0 aromatic rings. The molecule has 2 heterocycles. The summed E-state index contributed by atoms with van der Waals surface area (Å²) in [6.45, 7) is 10.3. The number of carbonyl (C=O) groups excluding carboxylic acids is 1. The van der Waals surface area contributed by atoms with Gasteiger partial charge in [-0.15, -0.1) is 0 Å². The Morgan fingerprint density at radius 3 is 2.77 bits per heavy atom. The SMILES string of the molecule is CCC1CC(NC2CCCN(C(=O)OC(C)(C)C)C2)CCO1. The third-order valence-corrected chi connectivity index (χ3v) is 4.37. The first kappa shape index (κ1) is 17.5. The minimum absolute atomic E-state index is 0.183. The Morgan fingerprint density at radius 1 is 1.32 bits per heavy atom. The molecule has 3 atom stereocenters. The summed E-state index contributed by atoms with van der Waals surface area (Å²) in [5.74, 6) is 0. The summed E-state index contributed by atoms with van der Waals surface area (Å²) in [6.07, 6.45) is 5.60. The van der Waals surface area contributed by atoms with Crippen LogP contribution in [0.2, 0.25) is 0 Å². The lowest BCUT2D eigenvalue weighted by Gasteiger charge is -2.38. The van der Waals surface area contributed by atoms with Gasteiger partial charge in [0.05, 0.1) is 6.10 Å². The average Bonchev–Trinajstić information content (AvgIpc) is 2.46. The fourth-order valence-corrected chi connectivity index (χ4v) is 3.25. The molecule has 0 radical (unpaired) electrons. The molecule has 128 valence electrons. The average molecular weight is 312 g/mol. The number of nitrogens with one attached hydrogen (secondary N) is 1. The minimum atomic E-state index is -0.424. The van der Waals surface area contributed by atoms with Crippen LogP contribution in [0.25, 0.3) is 0 Å². The summed E-state index contributed by atoms with van der Waals surface area (Å²) in [4.78, 5) is 14.1. The highest BCUT2D eigenvalue weighted by atomic mass is 16.6. The highest BCUT2D eigenvalue weighted by Crippen LogP contribution is 2.20. The number of amides is 1. The van der Waals surface area contributed by atoms with Gasteiger partial charge in [0.2, 0.25) is 0 Å². The van der Waals surface area contributed by atoms with Gasteiger partial charge in [-0.3, -0.25) is 0 Å². The second-order valence-electron chi connectivity index (χ2n) is 7.55. The second-order valence-corrected chi connectivity index (χ2v) is 7.55. The molecule has 1 amide bonds. The molecule has 2 aliphatic heterocycles. The van der Waals surface area contributed by atoms with Gasteiger partial charge in [-0.25, -0.2) is 4.79 Å². The number of carbonyl (C=O) groups is 1. The lowest BCUT2D eigenvalue weighted by molar-refractivity contribution is -0.00624. The van der Waals surface area contributed by atoms with Crippen LogP contribution in [0.5, 0.6) is 0 Å². The summed E-state index contributed by atoms with van der Waals surface area (Å²) in [5.41, 5.74) is -0.424. The molecule has 2 fully saturated rings. The Balaban J connectivity index is 1.81. The normalized spacial score (nSPS) is 30.2. The Bertz CT molecular complexity index is 367. The summed E-state index contributed by atoms with van der Waals surface area (Å²) < 4.78 is 11.2. The molecular weight excluding hydrogens is 280 g/mol. The molecule has 0 bridgehead atoms. The van der Waals surface area contributed by atoms with E-state index >= 15 is 0 Å². The summed E-state index contributed by atoms with van der Waals surface area (Å²) in [5, 5.41) is 3.74. The lowest BCUT2D eigenvalue weighted by atomic mass is 9.98. The van der Waals surface area contributed by atoms with Crippen molar-refractivity contribution in [3.63, 3.8) is 0 Å². The first-order valence-corrected chi connectivity index (χ1v) is 8.73. The topological polar surface area (TPSA) is 50.8 Å². The van der Waals surface area contributed by atoms with Crippen molar-refractivity contribution >= 4 is 6.09 Å². The zero-order valence-electron chi connectivity index (χ0n) is 14.6. The van der Waals surface area contributed by atoms with Crippen molar-refractivity contribution in [1.29, 1.82) is 0 Å². The number of hydrogen-bond donors (Lipinski definition) is 1. The second kappa shape index (κ2) is 7.64. The maximum absolute atomic E-state index is 12.2. The van der Waals surface area contributed by atoms with E-state index in [1.165, 1.54) is 0 Å². The number of rotatable bonds is 3. The molecule has 5 nitrogen and oxygen atoms in total. The number of nitrogens with zero attached hydrogens (tertiary/aromatic N) is 1. The molecule has 2 rings (SSSR count). The van der Waals surface area contributed by atoms with Gasteiger partial charge in [-0.1, -0.05) is 6.92 Å². The van der Waals surface area contributed by atoms with Crippen LogP contribution in [0.15, 0.2) is 0 Å². The van der Waals surface area contributed by atoms with Crippen molar-refractivity contribution in [2.75, 3.05) is 19.7 Å². The van der Waals surface area contributed by atoms with Crippen molar-refractivity contribution in [2.45, 2.75) is 83.6 Å². The highest BCUT2D eigenvalue weighted by molar-refractivity contribution is 5.68. The fourth-order valence-electron chi connectivity index (χ4n) is 3.25. The van der Waals surface area contributed by atoms with E-state index in [9.17, 15) is 4.79 Å². The predicted octanol–water partition coefficient (Wildman–Crippen LogP) is 2.93. The Kier molecular flexibility index (Phi) is 6.09. The van der Waals surface area contributed by atoms with E-state index < -0.39 is 5.60 Å². The van der Waals surface area contributed by atoms with Crippen LogP contribution in [-0.2, 0) is 9.47 Å². The van der Waals surface area contributed by atoms with Crippen molar-refractivity contribution < 1.29 is 14.3 Å². The zero-order valence-corrected chi connectivity index (χ0v) is 14.6. The van der Waals surface area contributed by atoms with Crippen LogP contribution in [0, 0.1) is 0 Å². The Labute approximate surface area is 134 Å². The summed E-state index contributed by atoms with van der Waals surface area (Å²) in [7, 11) is 0. The van der Waals surface area contributed by atoms with Gasteiger partial charge in [-0.05, 0) is 52.9 Å². The monoisotopic (exact) mass is 312 g/mol. The summed E-state index contributed by atoms with van der Waals surface area (Å²) >= 11 is 0. The van der Waals surface area contributed by atoms with Gasteiger partial charge in [0.1, 0.15) is 5.60 Å². The first-order valence-electron chi connectivity index (χ1n) is 8.73. The summed E-state index contributed by atoms with van der Waals surface area (Å²) in [6, 6.07) is 0.893. The number of hydrogen-bond acceptors (Lipinski definition) is 4. The van der Waals surface area contributed by atoms with Crippen LogP contribution in [-0.4, -0.2) is 54.5 Å². The van der Waals surface area contributed by atoms with E-state index in [2.05, 4.69) is 12.2 Å². The van der Waals surface area contributed by atoms with Gasteiger partial charge >= 0.3 is 6.09 Å². The van der Waals surface area contributed by atoms with Crippen molar-refractivity contribution in [1.82, 2.24) is 10.2 Å². The third kappa shape index (κ3) is 5.43. The molecule has 0 aliphatic carbocycles. The van der Waals surface area contributed by atoms with Crippen molar-refractivity contribution in [3.05, 3.63) is 0 Å². The lowest BCUT2D eigenvalue weighted by Crippen LogP contribution is -2.53. The largest absolute Gasteiger partial charge is 0.444 e. The zero-order chi connectivity index (χ0) is 16.2. The van der Waals surface area contributed by atoms with Gasteiger partial charge in [0, 0.05) is 31.8 Å². The standard InChI is InChI=1S/C17H32N2O3/c1-5-15-11-13(8-10-21-15)18-14-7-6-9-19(12-14)16(20)22-17(2,3)4/h13-15,18H,5-12H2,1-4H3. The van der Waals surface area contributed by atoms with E-state index in [0.29, 0.717) is 18.2 Å². The quantitative estimate of drug-likeness (QED) is 0.870. The van der Waals surface area contributed by atoms with Gasteiger partial charge in [-0.2, -0.15) is 0 Å². The molecule has 2 saturated heterocycles. The van der Waals surface area contributed by atoms with Crippen LogP contribution >= 0.6 is 0 Å². The fraction of sp³-hybridized carbons (Fsp3) is 0.941. The molecule has 1 N–H and O–H groups in total. The first-order chi connectivity index (χ1) is 10.4. The number of likely N-dealkylation sites (tertiary alicyclic amines) is 1. The smallest absolute Gasteiger partial charge is 0.410 e. The molecular formula is C17H32N2O3. The van der Waals surface area contributed by atoms with E-state index in [-0.39, 0.29) is 6.09 Å². The van der Waals surface area contributed by atoms with E-state index in [0.717, 1.165) is 51.8 Å². The van der Waals surface area contributed by atoms with Gasteiger partial charge in [0.15, 0.2) is 0 Å². The maximum atomic E-state index is 12.2. The molecule has 0 spiro atoms. The molecule has 3 unspecified atom stereocenters. The minimum Gasteiger partial charge on any atom is -0.444 e. The highest BCUT2D eigenvalue weighted by Gasteiger charge is 2.30. The predicted molar refractivity (Wildman–Crippen MR) is 87.0 cm³/mol. The van der Waals surface area contributed by atoms with Gasteiger partial charge < -0.3 is 19.7 Å². The van der Waals surface area contributed by atoms with Crippen LogP contribution in [0.4, 0.5) is 4.79 Å². The number of ether oxygens (including phenoxy) is 2. The molecule has 0 saturated carbocycles. The van der Waals surface area contributed by atoms with Crippen LogP contribution in [0.3, 0.4) is 0 Å². The van der Waals surface area contributed by atoms with Crippen LogP contribution < -0.4 is 5.32 Å². The van der Waals surface area contributed by atoms with Gasteiger partial charge in [0.25, 0.3) is 0 Å². The molecule has 0 aromatic heterocycles. The van der Waals surface area contributed by atoms with Crippen molar-refractivity contribution in [3.8, 4) is 0 Å². The maximum Gasteiger partial charge on any atom is 0.410 e. The molecule has 0 aromatic carbocycles. The van der Waals surface area contributed by atoms with E-state index in [1.54, 1.807) is 0 Å². The van der Waals surface area contributed by atoms with E-state index in [1.807, 2.05) is 25.7 Å². The van der Waals surface area contributed by atoms with Crippen LogP contribution in [0.1, 0.15) is 59.8 Å². The molecule has 22 heavy (non-hydrogen) atoms.